The molecule has 0 saturated carbocycles. The number of hydrogen-bond acceptors (Lipinski definition) is 1. The van der Waals surface area contributed by atoms with Crippen LogP contribution in [0, 0.1) is 0 Å². The lowest BCUT2D eigenvalue weighted by Gasteiger charge is -1.93. The summed E-state index contributed by atoms with van der Waals surface area (Å²) in [7, 11) is 0. The second kappa shape index (κ2) is 3.01. The molecule has 0 fully saturated rings. The molecule has 0 aliphatic carbocycles. The van der Waals surface area contributed by atoms with Gasteiger partial charge in [0, 0.05) is 0 Å². The van der Waals surface area contributed by atoms with E-state index in [1.54, 1.807) is 18.2 Å². The Labute approximate surface area is 64.8 Å². The van der Waals surface area contributed by atoms with Gasteiger partial charge in [-0.1, -0.05) is 24.8 Å². The summed E-state index contributed by atoms with van der Waals surface area (Å²) in [6.07, 6.45) is 1.59. The number of carbonyl (C=O) groups excluding carboxylic acids is 1. The normalized spacial score (nSPS) is 9.09. The van der Waals surface area contributed by atoms with Crippen LogP contribution in [0.4, 0.5) is 0 Å². The summed E-state index contributed by atoms with van der Waals surface area (Å²) in [5, 5.41) is 10.3. The van der Waals surface area contributed by atoms with E-state index in [0.717, 1.165) is 5.56 Å². The number of benzene rings is 1. The third kappa shape index (κ3) is 1.67. The van der Waals surface area contributed by atoms with Crippen molar-refractivity contribution in [2.24, 2.45) is 0 Å². The van der Waals surface area contributed by atoms with Crippen LogP contribution < -0.4 is 0 Å². The van der Waals surface area contributed by atoms with Crippen molar-refractivity contribution in [1.29, 1.82) is 0 Å². The van der Waals surface area contributed by atoms with Crippen LogP contribution in [0.1, 0.15) is 15.9 Å². The van der Waals surface area contributed by atoms with Crippen molar-refractivity contribution < 1.29 is 9.90 Å². The van der Waals surface area contributed by atoms with Crippen LogP contribution in [-0.2, 0) is 5.11 Å². The maximum Gasteiger partial charge on any atom is 0.386 e. The zero-order valence-corrected chi connectivity index (χ0v) is 5.91. The lowest BCUT2D eigenvalue weighted by molar-refractivity contribution is 0.0573. The van der Waals surface area contributed by atoms with Crippen molar-refractivity contribution in [2.45, 2.75) is 0 Å². The summed E-state index contributed by atoms with van der Waals surface area (Å²) in [5.41, 5.74) is 0.967. The number of rotatable bonds is 2. The van der Waals surface area contributed by atoms with E-state index in [-0.39, 0.29) is 5.56 Å². The molecule has 0 N–H and O–H groups in total. The Morgan fingerprint density at radius 2 is 2.18 bits per heavy atom. The Bertz CT molecular complexity index is 289. The van der Waals surface area contributed by atoms with E-state index in [0.29, 0.717) is 0 Å². The molecule has 0 aliphatic heterocycles. The molecule has 11 heavy (non-hydrogen) atoms. The zero-order chi connectivity index (χ0) is 8.27. The molecule has 0 aliphatic rings. The monoisotopic (exact) mass is 147 g/mol. The fourth-order valence-electron chi connectivity index (χ4n) is 0.793. The highest BCUT2D eigenvalue weighted by molar-refractivity contribution is 5.87. The number of hydrogen-bond donors (Lipinski definition) is 0. The van der Waals surface area contributed by atoms with Gasteiger partial charge in [-0.3, -0.25) is 0 Å². The molecule has 0 saturated heterocycles. The molecule has 1 radical (unpaired) electrons. The van der Waals surface area contributed by atoms with Gasteiger partial charge < -0.3 is 0 Å². The van der Waals surface area contributed by atoms with Crippen LogP contribution >= 0.6 is 0 Å². The first-order valence-corrected chi connectivity index (χ1v) is 3.18. The molecular formula is C9H7O2. The molecular weight excluding hydrogens is 140 g/mol. The summed E-state index contributed by atoms with van der Waals surface area (Å²) >= 11 is 0. The molecule has 1 aromatic rings. The van der Waals surface area contributed by atoms with Gasteiger partial charge in [-0.25, -0.2) is 9.90 Å². The van der Waals surface area contributed by atoms with Gasteiger partial charge in [0.2, 0.25) is 0 Å². The van der Waals surface area contributed by atoms with E-state index in [2.05, 4.69) is 6.58 Å². The Hall–Kier alpha value is -1.57. The third-order valence-electron chi connectivity index (χ3n) is 1.36. The van der Waals surface area contributed by atoms with Crippen molar-refractivity contribution in [1.82, 2.24) is 0 Å². The quantitative estimate of drug-likeness (QED) is 0.629. The summed E-state index contributed by atoms with van der Waals surface area (Å²) < 4.78 is 0. The molecule has 2 heteroatoms. The lowest BCUT2D eigenvalue weighted by Crippen LogP contribution is -1.93. The van der Waals surface area contributed by atoms with Crippen LogP contribution in [0.5, 0.6) is 0 Å². The average molecular weight is 147 g/mol. The highest BCUT2D eigenvalue weighted by Crippen LogP contribution is 2.05. The minimum absolute atomic E-state index is 0.183. The first-order chi connectivity index (χ1) is 5.24. The first-order valence-electron chi connectivity index (χ1n) is 3.18. The minimum Gasteiger partial charge on any atom is -0.242 e. The second-order valence-electron chi connectivity index (χ2n) is 2.12. The molecule has 0 spiro atoms. The Balaban J connectivity index is 3.10. The van der Waals surface area contributed by atoms with Gasteiger partial charge in [-0.2, -0.15) is 0 Å². The molecule has 0 unspecified atom stereocenters. The van der Waals surface area contributed by atoms with Gasteiger partial charge in [0.05, 0.1) is 5.56 Å². The summed E-state index contributed by atoms with van der Waals surface area (Å²) in [4.78, 5) is 10.3. The molecule has 2 nitrogen and oxygen atoms in total. The maximum absolute atomic E-state index is 10.3. The molecule has 55 valence electrons. The summed E-state index contributed by atoms with van der Waals surface area (Å²) in [6.45, 7) is 3.52. The van der Waals surface area contributed by atoms with Gasteiger partial charge >= 0.3 is 5.97 Å². The van der Waals surface area contributed by atoms with Crippen LogP contribution in [0.25, 0.3) is 6.08 Å². The highest BCUT2D eigenvalue weighted by atomic mass is 16.4. The lowest BCUT2D eigenvalue weighted by atomic mass is 10.1. The predicted molar refractivity (Wildman–Crippen MR) is 41.6 cm³/mol. The molecule has 0 amide bonds. The van der Waals surface area contributed by atoms with Gasteiger partial charge in [-0.15, -0.1) is 0 Å². The average Bonchev–Trinajstić information content (AvgIpc) is 2.05. The summed E-state index contributed by atoms with van der Waals surface area (Å²) in [6, 6.07) is 6.44. The molecule has 0 atom stereocenters. The van der Waals surface area contributed by atoms with Crippen LogP contribution in [0.3, 0.4) is 0 Å². The SMILES string of the molecule is C=Cc1cccc(C([O])=O)c1. The Kier molecular flexibility index (Phi) is 2.06. The Morgan fingerprint density at radius 3 is 2.73 bits per heavy atom. The fourth-order valence-corrected chi connectivity index (χ4v) is 0.793. The summed E-state index contributed by atoms with van der Waals surface area (Å²) in [5.74, 6) is -1.16. The fraction of sp³-hybridized carbons (Fsp3) is 0. The first kappa shape index (κ1) is 7.54. The second-order valence-corrected chi connectivity index (χ2v) is 2.12. The standard InChI is InChI=1S/C9H7O2/c1-2-7-4-3-5-8(6-7)9(10)11/h2-6H,1H2. The van der Waals surface area contributed by atoms with E-state index < -0.39 is 5.97 Å². The van der Waals surface area contributed by atoms with E-state index in [4.69, 9.17) is 0 Å². The molecule has 0 bridgehead atoms. The largest absolute Gasteiger partial charge is 0.386 e. The van der Waals surface area contributed by atoms with Crippen LogP contribution in [-0.4, -0.2) is 5.97 Å². The number of carbonyl (C=O) groups is 1. The smallest absolute Gasteiger partial charge is 0.242 e. The molecule has 0 heterocycles. The van der Waals surface area contributed by atoms with Crippen molar-refractivity contribution in [2.75, 3.05) is 0 Å². The van der Waals surface area contributed by atoms with Gasteiger partial charge in [0.1, 0.15) is 0 Å². The van der Waals surface area contributed by atoms with Gasteiger partial charge in [-0.05, 0) is 17.7 Å². The molecule has 1 rings (SSSR count). The van der Waals surface area contributed by atoms with E-state index in [9.17, 15) is 9.90 Å². The topological polar surface area (TPSA) is 37.0 Å². The van der Waals surface area contributed by atoms with E-state index in [1.165, 1.54) is 12.1 Å². The predicted octanol–water partition coefficient (Wildman–Crippen LogP) is 1.90. The van der Waals surface area contributed by atoms with E-state index >= 15 is 0 Å². The van der Waals surface area contributed by atoms with Crippen LogP contribution in [0.15, 0.2) is 30.8 Å². The van der Waals surface area contributed by atoms with Gasteiger partial charge in [0.15, 0.2) is 0 Å². The molecule has 1 aromatic carbocycles. The van der Waals surface area contributed by atoms with Crippen LogP contribution in [0.2, 0.25) is 0 Å². The molecule has 0 aromatic heterocycles. The Morgan fingerprint density at radius 1 is 1.45 bits per heavy atom. The minimum atomic E-state index is -1.16. The zero-order valence-electron chi connectivity index (χ0n) is 5.91. The van der Waals surface area contributed by atoms with Crippen molar-refractivity contribution in [3.63, 3.8) is 0 Å². The van der Waals surface area contributed by atoms with Gasteiger partial charge in [0.25, 0.3) is 0 Å². The maximum atomic E-state index is 10.3. The van der Waals surface area contributed by atoms with E-state index in [1.807, 2.05) is 0 Å². The van der Waals surface area contributed by atoms with Crippen molar-refractivity contribution in [3.05, 3.63) is 42.0 Å². The third-order valence-corrected chi connectivity index (χ3v) is 1.36. The highest BCUT2D eigenvalue weighted by Gasteiger charge is 2.02. The van der Waals surface area contributed by atoms with Crippen molar-refractivity contribution >= 4 is 12.0 Å². The van der Waals surface area contributed by atoms with Crippen molar-refractivity contribution in [3.8, 4) is 0 Å².